The highest BCUT2D eigenvalue weighted by molar-refractivity contribution is 5.94. The molecule has 0 saturated heterocycles. The predicted octanol–water partition coefficient (Wildman–Crippen LogP) is 2.37. The van der Waals surface area contributed by atoms with Gasteiger partial charge in [0.2, 0.25) is 11.4 Å². The molecule has 0 aliphatic heterocycles. The second kappa shape index (κ2) is 10.3. The van der Waals surface area contributed by atoms with Gasteiger partial charge in [0.05, 0.1) is 23.3 Å². The highest BCUT2D eigenvalue weighted by atomic mass is 16.5. The first kappa shape index (κ1) is 23.8. The molecular formula is C26H18N2O8+2. The van der Waals surface area contributed by atoms with E-state index < -0.39 is 11.9 Å². The van der Waals surface area contributed by atoms with E-state index in [9.17, 15) is 29.4 Å². The van der Waals surface area contributed by atoms with Crippen molar-refractivity contribution in [2.75, 3.05) is 0 Å². The number of hydrogen-bond donors (Lipinski definition) is 2. The van der Waals surface area contributed by atoms with Crippen LogP contribution in [0, 0.1) is 0 Å². The molecule has 0 spiro atoms. The molecule has 2 aromatic heterocycles. The number of pyridine rings is 2. The lowest BCUT2D eigenvalue weighted by molar-refractivity contribution is -0.596. The molecular weight excluding hydrogens is 468 g/mol. The highest BCUT2D eigenvalue weighted by Gasteiger charge is 2.17. The molecule has 0 amide bonds. The molecule has 0 fully saturated rings. The second-order valence-corrected chi connectivity index (χ2v) is 7.46. The van der Waals surface area contributed by atoms with Crippen LogP contribution in [0.5, 0.6) is 11.5 Å². The van der Waals surface area contributed by atoms with Crippen molar-refractivity contribution in [2.45, 2.75) is 0 Å². The first-order chi connectivity index (χ1) is 17.4. The van der Waals surface area contributed by atoms with Crippen LogP contribution >= 0.6 is 0 Å². The van der Waals surface area contributed by atoms with Crippen molar-refractivity contribution in [1.29, 1.82) is 0 Å². The third kappa shape index (κ3) is 5.23. The van der Waals surface area contributed by atoms with E-state index in [-0.39, 0.29) is 35.6 Å². The number of rotatable bonds is 9. The van der Waals surface area contributed by atoms with Gasteiger partial charge in [-0.05, 0) is 17.2 Å². The predicted molar refractivity (Wildman–Crippen MR) is 122 cm³/mol. The van der Waals surface area contributed by atoms with Crippen molar-refractivity contribution < 1.29 is 48.0 Å². The van der Waals surface area contributed by atoms with Crippen molar-refractivity contribution in [3.8, 4) is 34.0 Å². The Morgan fingerprint density at radius 3 is 1.36 bits per heavy atom. The first-order valence-electron chi connectivity index (χ1n) is 10.4. The summed E-state index contributed by atoms with van der Waals surface area (Å²) in [7, 11) is 0. The SMILES string of the molecule is O=COc1cc(OC=O)cc(-[n+]2ccc(-c3cc[n+](-c4cc(C(=O)O)cc(C(=O)O)c4)cc3)cc2)c1. The van der Waals surface area contributed by atoms with E-state index in [2.05, 4.69) is 0 Å². The number of aromatic carboxylic acids is 2. The summed E-state index contributed by atoms with van der Waals surface area (Å²) < 4.78 is 13.1. The van der Waals surface area contributed by atoms with Gasteiger partial charge in [0, 0.05) is 42.5 Å². The van der Waals surface area contributed by atoms with Crippen LogP contribution in [0.2, 0.25) is 0 Å². The summed E-state index contributed by atoms with van der Waals surface area (Å²) in [4.78, 5) is 44.2. The topological polar surface area (TPSA) is 135 Å². The maximum absolute atomic E-state index is 11.4. The summed E-state index contributed by atoms with van der Waals surface area (Å²) >= 11 is 0. The summed E-state index contributed by atoms with van der Waals surface area (Å²) in [5, 5.41) is 18.6. The van der Waals surface area contributed by atoms with E-state index >= 15 is 0 Å². The fourth-order valence-corrected chi connectivity index (χ4v) is 3.54. The Morgan fingerprint density at radius 2 is 1.00 bits per heavy atom. The maximum atomic E-state index is 11.4. The molecule has 0 unspecified atom stereocenters. The zero-order chi connectivity index (χ0) is 25.7. The molecule has 0 saturated carbocycles. The molecule has 0 atom stereocenters. The fourth-order valence-electron chi connectivity index (χ4n) is 3.54. The molecule has 0 aliphatic carbocycles. The summed E-state index contributed by atoms with van der Waals surface area (Å²) in [6.07, 6.45) is 6.95. The van der Waals surface area contributed by atoms with Crippen molar-refractivity contribution in [3.05, 3.63) is 96.6 Å². The zero-order valence-corrected chi connectivity index (χ0v) is 18.5. The first-order valence-corrected chi connectivity index (χ1v) is 10.4. The minimum atomic E-state index is -1.22. The van der Waals surface area contributed by atoms with Crippen LogP contribution in [0.4, 0.5) is 0 Å². The van der Waals surface area contributed by atoms with Crippen LogP contribution in [-0.2, 0) is 9.59 Å². The normalized spacial score (nSPS) is 10.3. The summed E-state index contributed by atoms with van der Waals surface area (Å²) in [5.41, 5.74) is 2.46. The molecule has 10 nitrogen and oxygen atoms in total. The van der Waals surface area contributed by atoms with Crippen LogP contribution in [0.3, 0.4) is 0 Å². The Labute approximate surface area is 203 Å². The van der Waals surface area contributed by atoms with Crippen molar-refractivity contribution in [1.82, 2.24) is 0 Å². The number of carboxylic acid groups (broad SMARTS) is 2. The quantitative estimate of drug-likeness (QED) is 0.272. The van der Waals surface area contributed by atoms with Gasteiger partial charge in [-0.1, -0.05) is 0 Å². The molecule has 4 aromatic rings. The van der Waals surface area contributed by atoms with E-state index in [1.807, 2.05) is 24.3 Å². The van der Waals surface area contributed by atoms with Gasteiger partial charge in [-0.2, -0.15) is 9.13 Å². The second-order valence-electron chi connectivity index (χ2n) is 7.46. The van der Waals surface area contributed by atoms with Crippen molar-refractivity contribution >= 4 is 24.9 Å². The molecule has 2 heterocycles. The number of aromatic nitrogens is 2. The molecule has 36 heavy (non-hydrogen) atoms. The molecule has 178 valence electrons. The molecule has 2 aromatic carbocycles. The average molecular weight is 486 g/mol. The van der Waals surface area contributed by atoms with Gasteiger partial charge in [0.15, 0.2) is 24.8 Å². The standard InChI is InChI=1S/C26H16N2O8/c29-15-35-23-12-22(13-24(14-23)36-16-30)28-7-3-18(4-8-28)17-1-5-27(6-2-17)21-10-19(25(31)32)9-20(11-21)26(33)34/h1-16H/p+2. The van der Waals surface area contributed by atoms with E-state index in [1.54, 1.807) is 46.1 Å². The third-order valence-electron chi connectivity index (χ3n) is 5.23. The number of hydrogen-bond acceptors (Lipinski definition) is 6. The van der Waals surface area contributed by atoms with Crippen LogP contribution in [0.15, 0.2) is 85.5 Å². The summed E-state index contributed by atoms with van der Waals surface area (Å²) in [6.45, 7) is 0.555. The number of nitrogens with zero attached hydrogens (tertiary/aromatic N) is 2. The Bertz CT molecular complexity index is 1400. The lowest BCUT2D eigenvalue weighted by atomic mass is 10.1. The fraction of sp³-hybridized carbons (Fsp3) is 0. The highest BCUT2D eigenvalue weighted by Crippen LogP contribution is 2.23. The number of carbonyl (C=O) groups is 4. The Hall–Kier alpha value is -5.38. The number of carbonyl (C=O) groups excluding carboxylic acids is 2. The largest absolute Gasteiger partial charge is 0.478 e. The van der Waals surface area contributed by atoms with Crippen LogP contribution in [0.1, 0.15) is 20.7 Å². The van der Waals surface area contributed by atoms with E-state index in [0.717, 1.165) is 17.2 Å². The number of carboxylic acids is 2. The van der Waals surface area contributed by atoms with Crippen molar-refractivity contribution in [2.24, 2.45) is 0 Å². The number of ether oxygens (including phenoxy) is 2. The smallest absolute Gasteiger partial charge is 0.335 e. The summed E-state index contributed by atoms with van der Waals surface area (Å²) in [5.74, 6) is -2.02. The lowest BCUT2D eigenvalue weighted by Gasteiger charge is -2.05. The molecule has 2 N–H and O–H groups in total. The molecule has 0 bridgehead atoms. The lowest BCUT2D eigenvalue weighted by Crippen LogP contribution is -2.30. The van der Waals surface area contributed by atoms with E-state index in [1.165, 1.54) is 18.2 Å². The molecule has 0 aliphatic rings. The monoisotopic (exact) mass is 486 g/mol. The third-order valence-corrected chi connectivity index (χ3v) is 5.23. The minimum absolute atomic E-state index is 0.126. The van der Waals surface area contributed by atoms with Gasteiger partial charge in [0.1, 0.15) is 11.5 Å². The summed E-state index contributed by atoms with van der Waals surface area (Å²) in [6, 6.07) is 15.8. The van der Waals surface area contributed by atoms with Crippen LogP contribution in [-0.4, -0.2) is 35.1 Å². The van der Waals surface area contributed by atoms with Gasteiger partial charge in [0.25, 0.3) is 12.9 Å². The van der Waals surface area contributed by atoms with Gasteiger partial charge >= 0.3 is 11.9 Å². The maximum Gasteiger partial charge on any atom is 0.335 e. The number of benzene rings is 2. The Kier molecular flexibility index (Phi) is 6.78. The van der Waals surface area contributed by atoms with E-state index in [0.29, 0.717) is 11.4 Å². The Balaban J connectivity index is 1.62. The molecule has 0 radical (unpaired) electrons. The minimum Gasteiger partial charge on any atom is -0.478 e. The van der Waals surface area contributed by atoms with Gasteiger partial charge in [-0.3, -0.25) is 9.59 Å². The molecule has 10 heteroatoms. The van der Waals surface area contributed by atoms with Gasteiger partial charge < -0.3 is 19.7 Å². The average Bonchev–Trinajstić information content (AvgIpc) is 2.89. The van der Waals surface area contributed by atoms with Crippen LogP contribution in [0.25, 0.3) is 22.5 Å². The van der Waals surface area contributed by atoms with E-state index in [4.69, 9.17) is 9.47 Å². The van der Waals surface area contributed by atoms with Crippen LogP contribution < -0.4 is 18.6 Å². The zero-order valence-electron chi connectivity index (χ0n) is 18.5. The molecule has 4 rings (SSSR count). The van der Waals surface area contributed by atoms with Gasteiger partial charge in [-0.15, -0.1) is 0 Å². The van der Waals surface area contributed by atoms with Crippen molar-refractivity contribution in [3.63, 3.8) is 0 Å². The van der Waals surface area contributed by atoms with Gasteiger partial charge in [-0.25, -0.2) is 9.59 Å². The Morgan fingerprint density at radius 1 is 0.611 bits per heavy atom.